The Bertz CT molecular complexity index is 523. The molecule has 0 saturated heterocycles. The second kappa shape index (κ2) is 5.48. The minimum atomic E-state index is 0.572. The lowest BCUT2D eigenvalue weighted by Crippen LogP contribution is -2.09. The maximum absolute atomic E-state index is 5.10. The zero-order valence-electron chi connectivity index (χ0n) is 10.8. The standard InChI is InChI=1S/C12H17N5O/c1-9-8-11(18-3)15-12(14-9)13-6-4-10-5-7-17(2)16-10/h5,7-8H,4,6H2,1-3H3,(H,13,14,15). The molecule has 2 aromatic heterocycles. The molecule has 2 rings (SSSR count). The van der Waals surface area contributed by atoms with Crippen molar-refractivity contribution in [1.82, 2.24) is 19.7 Å². The highest BCUT2D eigenvalue weighted by atomic mass is 16.5. The largest absolute Gasteiger partial charge is 0.481 e. The fourth-order valence-electron chi connectivity index (χ4n) is 1.62. The first kappa shape index (κ1) is 12.3. The van der Waals surface area contributed by atoms with E-state index in [1.54, 1.807) is 17.9 Å². The first-order chi connectivity index (χ1) is 8.67. The quantitative estimate of drug-likeness (QED) is 0.859. The van der Waals surface area contributed by atoms with Crippen LogP contribution in [0.15, 0.2) is 18.3 Å². The second-order valence-corrected chi connectivity index (χ2v) is 4.03. The van der Waals surface area contributed by atoms with E-state index in [1.165, 1.54) is 0 Å². The molecule has 0 aliphatic rings. The van der Waals surface area contributed by atoms with Gasteiger partial charge in [-0.05, 0) is 13.0 Å². The van der Waals surface area contributed by atoms with Crippen LogP contribution in [0.4, 0.5) is 5.95 Å². The molecule has 0 spiro atoms. The summed E-state index contributed by atoms with van der Waals surface area (Å²) in [4.78, 5) is 8.51. The summed E-state index contributed by atoms with van der Waals surface area (Å²) < 4.78 is 6.89. The molecule has 0 bridgehead atoms. The average molecular weight is 247 g/mol. The molecule has 2 heterocycles. The Morgan fingerprint density at radius 3 is 2.89 bits per heavy atom. The highest BCUT2D eigenvalue weighted by molar-refractivity contribution is 5.30. The van der Waals surface area contributed by atoms with E-state index in [4.69, 9.17) is 4.74 Å². The van der Waals surface area contributed by atoms with Crippen molar-refractivity contribution in [3.8, 4) is 5.88 Å². The van der Waals surface area contributed by atoms with Crippen LogP contribution in [0, 0.1) is 6.92 Å². The molecule has 0 fully saturated rings. The summed E-state index contributed by atoms with van der Waals surface area (Å²) in [6.45, 7) is 2.65. The summed E-state index contributed by atoms with van der Waals surface area (Å²) in [5.41, 5.74) is 1.92. The van der Waals surface area contributed by atoms with Crippen molar-refractivity contribution >= 4 is 5.95 Å². The molecule has 0 aromatic carbocycles. The van der Waals surface area contributed by atoms with Gasteiger partial charge in [0.25, 0.3) is 0 Å². The minimum absolute atomic E-state index is 0.572. The van der Waals surface area contributed by atoms with Gasteiger partial charge >= 0.3 is 0 Å². The molecular weight excluding hydrogens is 230 g/mol. The molecule has 0 aliphatic heterocycles. The van der Waals surface area contributed by atoms with E-state index in [9.17, 15) is 0 Å². The summed E-state index contributed by atoms with van der Waals surface area (Å²) in [6.07, 6.45) is 2.77. The highest BCUT2D eigenvalue weighted by Crippen LogP contribution is 2.11. The Kier molecular flexibility index (Phi) is 3.76. The fourth-order valence-corrected chi connectivity index (χ4v) is 1.62. The Balaban J connectivity index is 1.91. The monoisotopic (exact) mass is 247 g/mol. The van der Waals surface area contributed by atoms with Gasteiger partial charge in [-0.15, -0.1) is 0 Å². The van der Waals surface area contributed by atoms with Gasteiger partial charge < -0.3 is 10.1 Å². The first-order valence-electron chi connectivity index (χ1n) is 5.79. The Morgan fingerprint density at radius 1 is 1.39 bits per heavy atom. The van der Waals surface area contributed by atoms with E-state index >= 15 is 0 Å². The van der Waals surface area contributed by atoms with Gasteiger partial charge in [-0.3, -0.25) is 4.68 Å². The van der Waals surface area contributed by atoms with Crippen LogP contribution < -0.4 is 10.1 Å². The number of ether oxygens (including phenoxy) is 1. The van der Waals surface area contributed by atoms with Gasteiger partial charge in [0.15, 0.2) is 0 Å². The van der Waals surface area contributed by atoms with Gasteiger partial charge in [-0.25, -0.2) is 4.98 Å². The van der Waals surface area contributed by atoms with Gasteiger partial charge in [-0.1, -0.05) is 0 Å². The maximum Gasteiger partial charge on any atom is 0.226 e. The Labute approximate surface area is 106 Å². The molecule has 2 aromatic rings. The highest BCUT2D eigenvalue weighted by Gasteiger charge is 2.02. The zero-order valence-corrected chi connectivity index (χ0v) is 10.8. The predicted octanol–water partition coefficient (Wildman–Crippen LogP) is 1.18. The number of aryl methyl sites for hydroxylation is 2. The van der Waals surface area contributed by atoms with Gasteiger partial charge in [0, 0.05) is 38.0 Å². The lowest BCUT2D eigenvalue weighted by Gasteiger charge is -2.06. The number of methoxy groups -OCH3 is 1. The summed E-state index contributed by atoms with van der Waals surface area (Å²) in [7, 11) is 3.50. The zero-order chi connectivity index (χ0) is 13.0. The van der Waals surface area contributed by atoms with Crippen LogP contribution in [0.5, 0.6) is 5.88 Å². The van der Waals surface area contributed by atoms with Crippen LogP contribution in [0.3, 0.4) is 0 Å². The normalized spacial score (nSPS) is 10.4. The van der Waals surface area contributed by atoms with Gasteiger partial charge in [0.2, 0.25) is 11.8 Å². The van der Waals surface area contributed by atoms with Crippen molar-refractivity contribution in [2.45, 2.75) is 13.3 Å². The third kappa shape index (κ3) is 3.19. The van der Waals surface area contributed by atoms with E-state index in [1.807, 2.05) is 26.2 Å². The Morgan fingerprint density at radius 2 is 2.22 bits per heavy atom. The molecule has 0 radical (unpaired) electrons. The summed E-state index contributed by atoms with van der Waals surface area (Å²) in [5.74, 6) is 1.16. The van der Waals surface area contributed by atoms with Crippen molar-refractivity contribution < 1.29 is 4.74 Å². The maximum atomic E-state index is 5.10. The average Bonchev–Trinajstić information content (AvgIpc) is 2.74. The minimum Gasteiger partial charge on any atom is -0.481 e. The van der Waals surface area contributed by atoms with Gasteiger partial charge in [0.05, 0.1) is 12.8 Å². The molecule has 0 amide bonds. The third-order valence-corrected chi connectivity index (χ3v) is 2.47. The number of hydrogen-bond acceptors (Lipinski definition) is 5. The van der Waals surface area contributed by atoms with Crippen molar-refractivity contribution in [1.29, 1.82) is 0 Å². The SMILES string of the molecule is COc1cc(C)nc(NCCc2ccn(C)n2)n1. The smallest absolute Gasteiger partial charge is 0.226 e. The van der Waals surface area contributed by atoms with Crippen molar-refractivity contribution in [3.05, 3.63) is 29.7 Å². The van der Waals surface area contributed by atoms with E-state index in [0.717, 1.165) is 24.4 Å². The predicted molar refractivity (Wildman–Crippen MR) is 68.7 cm³/mol. The van der Waals surface area contributed by atoms with E-state index < -0.39 is 0 Å². The molecule has 0 aliphatic carbocycles. The molecule has 0 atom stereocenters. The number of nitrogens with one attached hydrogen (secondary N) is 1. The fraction of sp³-hybridized carbons (Fsp3) is 0.417. The summed E-state index contributed by atoms with van der Waals surface area (Å²) in [6, 6.07) is 3.79. The van der Waals surface area contributed by atoms with E-state index in [0.29, 0.717) is 11.8 Å². The number of aromatic nitrogens is 4. The Hall–Kier alpha value is -2.11. The van der Waals surface area contributed by atoms with Crippen LogP contribution in [0.2, 0.25) is 0 Å². The van der Waals surface area contributed by atoms with E-state index in [2.05, 4.69) is 20.4 Å². The van der Waals surface area contributed by atoms with Crippen molar-refractivity contribution in [2.24, 2.45) is 7.05 Å². The number of anilines is 1. The number of nitrogens with zero attached hydrogens (tertiary/aromatic N) is 4. The number of rotatable bonds is 5. The topological polar surface area (TPSA) is 64.9 Å². The van der Waals surface area contributed by atoms with Gasteiger partial charge in [-0.2, -0.15) is 10.1 Å². The first-order valence-corrected chi connectivity index (χ1v) is 5.79. The molecule has 18 heavy (non-hydrogen) atoms. The molecule has 96 valence electrons. The molecule has 6 heteroatoms. The number of hydrogen-bond donors (Lipinski definition) is 1. The summed E-state index contributed by atoms with van der Waals surface area (Å²) in [5, 5.41) is 7.47. The second-order valence-electron chi connectivity index (χ2n) is 4.03. The lowest BCUT2D eigenvalue weighted by molar-refractivity contribution is 0.397. The lowest BCUT2D eigenvalue weighted by atomic mass is 10.3. The molecule has 6 nitrogen and oxygen atoms in total. The molecule has 0 unspecified atom stereocenters. The summed E-state index contributed by atoms with van der Waals surface area (Å²) >= 11 is 0. The molecule has 0 saturated carbocycles. The third-order valence-electron chi connectivity index (χ3n) is 2.47. The van der Waals surface area contributed by atoms with Crippen LogP contribution >= 0.6 is 0 Å². The van der Waals surface area contributed by atoms with E-state index in [-0.39, 0.29) is 0 Å². The van der Waals surface area contributed by atoms with Crippen LogP contribution in [-0.4, -0.2) is 33.4 Å². The van der Waals surface area contributed by atoms with Crippen LogP contribution in [0.25, 0.3) is 0 Å². The molecule has 1 N–H and O–H groups in total. The molecular formula is C12H17N5O. The van der Waals surface area contributed by atoms with Crippen molar-refractivity contribution in [3.63, 3.8) is 0 Å². The van der Waals surface area contributed by atoms with Gasteiger partial charge in [0.1, 0.15) is 0 Å². The van der Waals surface area contributed by atoms with Crippen LogP contribution in [0.1, 0.15) is 11.4 Å². The van der Waals surface area contributed by atoms with Crippen molar-refractivity contribution in [2.75, 3.05) is 19.0 Å². The van der Waals surface area contributed by atoms with Crippen LogP contribution in [-0.2, 0) is 13.5 Å².